The summed E-state index contributed by atoms with van der Waals surface area (Å²) in [5.74, 6) is -0.0498. The van der Waals surface area contributed by atoms with Gasteiger partial charge in [-0.25, -0.2) is 0 Å². The zero-order chi connectivity index (χ0) is 12.3. The number of hydrogen-bond donors (Lipinski definition) is 2. The normalized spacial score (nSPS) is 9.88. The Bertz CT molecular complexity index is 520. The molecular formula is C13H10BNO2. The van der Waals surface area contributed by atoms with E-state index in [2.05, 4.69) is 5.32 Å². The van der Waals surface area contributed by atoms with Crippen molar-refractivity contribution >= 4 is 24.9 Å². The highest BCUT2D eigenvalue weighted by atomic mass is 16.3. The fraction of sp³-hybridized carbons (Fsp3) is 0. The van der Waals surface area contributed by atoms with Gasteiger partial charge in [0.15, 0.2) is 0 Å². The molecule has 0 aliphatic carbocycles. The van der Waals surface area contributed by atoms with Gasteiger partial charge in [0.05, 0.1) is 0 Å². The highest BCUT2D eigenvalue weighted by Gasteiger charge is 2.04. The van der Waals surface area contributed by atoms with E-state index < -0.39 is 0 Å². The highest BCUT2D eigenvalue weighted by molar-refractivity contribution is 6.32. The van der Waals surface area contributed by atoms with Gasteiger partial charge in [-0.3, -0.25) is 4.79 Å². The van der Waals surface area contributed by atoms with Gasteiger partial charge in [-0.05, 0) is 24.3 Å². The second-order valence-corrected chi connectivity index (χ2v) is 3.62. The minimum absolute atomic E-state index is 0.162. The third kappa shape index (κ3) is 2.87. The van der Waals surface area contributed by atoms with Crippen molar-refractivity contribution < 1.29 is 9.90 Å². The number of phenols is 1. The molecule has 4 heteroatoms. The summed E-state index contributed by atoms with van der Waals surface area (Å²) in [7, 11) is 5.54. The van der Waals surface area contributed by atoms with Gasteiger partial charge < -0.3 is 10.4 Å². The summed E-state index contributed by atoms with van der Waals surface area (Å²) in [6, 6.07) is 12.9. The van der Waals surface area contributed by atoms with Crippen LogP contribution in [0.5, 0.6) is 5.75 Å². The molecule has 0 atom stereocenters. The number of rotatable bonds is 2. The number of hydrogen-bond acceptors (Lipinski definition) is 2. The first-order valence-corrected chi connectivity index (χ1v) is 5.11. The monoisotopic (exact) mass is 223 g/mol. The van der Waals surface area contributed by atoms with Crippen molar-refractivity contribution in [3.05, 3.63) is 54.1 Å². The summed E-state index contributed by atoms with van der Waals surface area (Å²) >= 11 is 0. The average molecular weight is 223 g/mol. The molecule has 17 heavy (non-hydrogen) atoms. The first-order chi connectivity index (χ1) is 8.15. The molecule has 3 nitrogen and oxygen atoms in total. The maximum atomic E-state index is 11.8. The fourth-order valence-electron chi connectivity index (χ4n) is 1.38. The summed E-state index contributed by atoms with van der Waals surface area (Å²) < 4.78 is 0. The van der Waals surface area contributed by atoms with E-state index in [1.165, 1.54) is 12.1 Å². The van der Waals surface area contributed by atoms with Crippen LogP contribution in [-0.2, 0) is 0 Å². The predicted molar refractivity (Wildman–Crippen MR) is 67.9 cm³/mol. The maximum absolute atomic E-state index is 11.8. The molecule has 0 bridgehead atoms. The van der Waals surface area contributed by atoms with Gasteiger partial charge in [-0.1, -0.05) is 29.7 Å². The first kappa shape index (κ1) is 11.3. The van der Waals surface area contributed by atoms with Crippen molar-refractivity contribution in [2.24, 2.45) is 0 Å². The molecule has 0 heterocycles. The summed E-state index contributed by atoms with van der Waals surface area (Å²) in [5, 5.41) is 11.8. The van der Waals surface area contributed by atoms with Crippen LogP contribution in [0.25, 0.3) is 0 Å². The third-order valence-corrected chi connectivity index (χ3v) is 2.30. The molecule has 2 N–H and O–H groups in total. The molecule has 0 fully saturated rings. The summed E-state index contributed by atoms with van der Waals surface area (Å²) in [6.45, 7) is 0. The van der Waals surface area contributed by atoms with E-state index in [0.717, 1.165) is 0 Å². The first-order valence-electron chi connectivity index (χ1n) is 5.11. The lowest BCUT2D eigenvalue weighted by Gasteiger charge is -2.05. The Morgan fingerprint density at radius 1 is 1.00 bits per heavy atom. The van der Waals surface area contributed by atoms with E-state index in [0.29, 0.717) is 16.7 Å². The molecule has 2 rings (SSSR count). The lowest BCUT2D eigenvalue weighted by molar-refractivity contribution is 0.102. The second-order valence-electron chi connectivity index (χ2n) is 3.62. The smallest absolute Gasteiger partial charge is 0.255 e. The van der Waals surface area contributed by atoms with Crippen LogP contribution < -0.4 is 10.8 Å². The Kier molecular flexibility index (Phi) is 3.14. The van der Waals surface area contributed by atoms with Crippen LogP contribution in [0.1, 0.15) is 10.4 Å². The molecular weight excluding hydrogens is 213 g/mol. The van der Waals surface area contributed by atoms with Crippen LogP contribution in [0.3, 0.4) is 0 Å². The minimum atomic E-state index is -0.212. The van der Waals surface area contributed by atoms with Crippen LogP contribution >= 0.6 is 0 Å². The van der Waals surface area contributed by atoms with Crippen molar-refractivity contribution in [2.45, 2.75) is 0 Å². The quantitative estimate of drug-likeness (QED) is 0.597. The van der Waals surface area contributed by atoms with E-state index in [-0.39, 0.29) is 11.7 Å². The maximum Gasteiger partial charge on any atom is 0.255 e. The number of aromatic hydroxyl groups is 1. The summed E-state index contributed by atoms with van der Waals surface area (Å²) in [4.78, 5) is 11.8. The van der Waals surface area contributed by atoms with Crippen molar-refractivity contribution in [1.29, 1.82) is 0 Å². The van der Waals surface area contributed by atoms with Crippen LogP contribution in [0.4, 0.5) is 5.69 Å². The molecule has 0 aliphatic heterocycles. The topological polar surface area (TPSA) is 49.3 Å². The standard InChI is InChI=1S/C13H10BNO2/c14-10-3-1-9(2-4-10)13(17)15-11-5-7-12(16)8-6-11/h1-8,16H,(H,15,17). The van der Waals surface area contributed by atoms with E-state index in [9.17, 15) is 4.79 Å². The van der Waals surface area contributed by atoms with Gasteiger partial charge >= 0.3 is 0 Å². The SMILES string of the molecule is [B]c1ccc(C(=O)Nc2ccc(O)cc2)cc1. The molecule has 1 amide bonds. The Morgan fingerprint density at radius 2 is 1.59 bits per heavy atom. The minimum Gasteiger partial charge on any atom is -0.508 e. The largest absolute Gasteiger partial charge is 0.508 e. The number of nitrogens with one attached hydrogen (secondary N) is 1. The van der Waals surface area contributed by atoms with Gasteiger partial charge in [0, 0.05) is 11.3 Å². The van der Waals surface area contributed by atoms with Gasteiger partial charge in [0.1, 0.15) is 13.6 Å². The Balaban J connectivity index is 2.11. The zero-order valence-corrected chi connectivity index (χ0v) is 9.05. The van der Waals surface area contributed by atoms with Gasteiger partial charge in [-0.15, -0.1) is 0 Å². The van der Waals surface area contributed by atoms with Crippen molar-refractivity contribution in [3.63, 3.8) is 0 Å². The van der Waals surface area contributed by atoms with Gasteiger partial charge in [0.25, 0.3) is 5.91 Å². The average Bonchev–Trinajstić information content (AvgIpc) is 2.33. The van der Waals surface area contributed by atoms with E-state index in [1.54, 1.807) is 36.4 Å². The molecule has 2 aromatic carbocycles. The van der Waals surface area contributed by atoms with E-state index in [1.807, 2.05) is 0 Å². The fourth-order valence-corrected chi connectivity index (χ4v) is 1.38. The lowest BCUT2D eigenvalue weighted by Crippen LogP contribution is -2.13. The Labute approximate surface area is 101 Å². The molecule has 2 radical (unpaired) electrons. The van der Waals surface area contributed by atoms with Crippen LogP contribution in [0.2, 0.25) is 0 Å². The third-order valence-electron chi connectivity index (χ3n) is 2.30. The van der Waals surface area contributed by atoms with E-state index in [4.69, 9.17) is 13.0 Å². The second kappa shape index (κ2) is 4.74. The number of amides is 1. The summed E-state index contributed by atoms with van der Waals surface area (Å²) in [6.07, 6.45) is 0. The number of anilines is 1. The number of carbonyl (C=O) groups excluding carboxylic acids is 1. The van der Waals surface area contributed by atoms with Crippen LogP contribution in [0, 0.1) is 0 Å². The van der Waals surface area contributed by atoms with Crippen molar-refractivity contribution in [2.75, 3.05) is 5.32 Å². The van der Waals surface area contributed by atoms with Gasteiger partial charge in [0.2, 0.25) is 0 Å². The molecule has 0 aliphatic rings. The van der Waals surface area contributed by atoms with Crippen molar-refractivity contribution in [3.8, 4) is 5.75 Å². The zero-order valence-electron chi connectivity index (χ0n) is 9.05. The van der Waals surface area contributed by atoms with Gasteiger partial charge in [-0.2, -0.15) is 0 Å². The molecule has 82 valence electrons. The van der Waals surface area contributed by atoms with Crippen LogP contribution in [-0.4, -0.2) is 18.9 Å². The predicted octanol–water partition coefficient (Wildman–Crippen LogP) is 1.44. The molecule has 0 unspecified atom stereocenters. The molecule has 0 saturated heterocycles. The molecule has 2 aromatic rings. The van der Waals surface area contributed by atoms with Crippen molar-refractivity contribution in [1.82, 2.24) is 0 Å². The number of benzene rings is 2. The highest BCUT2D eigenvalue weighted by Crippen LogP contribution is 2.14. The Morgan fingerprint density at radius 3 is 2.18 bits per heavy atom. The summed E-state index contributed by atoms with van der Waals surface area (Å²) in [5.41, 5.74) is 1.78. The van der Waals surface area contributed by atoms with Crippen LogP contribution in [0.15, 0.2) is 48.5 Å². The molecule has 0 aromatic heterocycles. The van der Waals surface area contributed by atoms with E-state index >= 15 is 0 Å². The molecule has 0 spiro atoms. The number of carbonyl (C=O) groups is 1. The lowest BCUT2D eigenvalue weighted by atomic mass is 9.95. The molecule has 0 saturated carbocycles. The Hall–Kier alpha value is -2.23. The number of phenolic OH excluding ortho intramolecular Hbond substituents is 1.